The highest BCUT2D eigenvalue weighted by Crippen LogP contribution is 1.96. The maximum absolute atomic E-state index is 11.0. The van der Waals surface area contributed by atoms with E-state index in [4.69, 9.17) is 9.84 Å². The zero-order chi connectivity index (χ0) is 10.4. The van der Waals surface area contributed by atoms with Gasteiger partial charge in [0.25, 0.3) is 0 Å². The second-order valence-electron chi connectivity index (χ2n) is 3.22. The third kappa shape index (κ3) is 5.95. The molecule has 1 N–H and O–H groups in total. The molecule has 1 amide bonds. The lowest BCUT2D eigenvalue weighted by Crippen LogP contribution is -2.33. The standard InChI is InChI=1S/C8H15NO4/c1-6(2)5-13-8(12)9(3)4-7(10)11/h6H,4-5H2,1-3H3,(H,10,11). The van der Waals surface area contributed by atoms with Crippen LogP contribution in [0.15, 0.2) is 0 Å². The summed E-state index contributed by atoms with van der Waals surface area (Å²) < 4.78 is 4.79. The van der Waals surface area contributed by atoms with E-state index in [9.17, 15) is 9.59 Å². The SMILES string of the molecule is CC(C)COC(=O)N(C)CC(=O)O. The summed E-state index contributed by atoms with van der Waals surface area (Å²) >= 11 is 0. The minimum atomic E-state index is -1.05. The summed E-state index contributed by atoms with van der Waals surface area (Å²) in [6.07, 6.45) is -0.601. The zero-order valence-corrected chi connectivity index (χ0v) is 8.11. The lowest BCUT2D eigenvalue weighted by atomic mass is 10.2. The number of carbonyl (C=O) groups is 2. The second kappa shape index (κ2) is 5.40. The van der Waals surface area contributed by atoms with Gasteiger partial charge in [-0.2, -0.15) is 0 Å². The van der Waals surface area contributed by atoms with Gasteiger partial charge in [0, 0.05) is 7.05 Å². The molecule has 0 saturated heterocycles. The number of aliphatic carboxylic acids is 1. The molecule has 0 aromatic rings. The number of carboxylic acids is 1. The average Bonchev–Trinajstić information content (AvgIpc) is 1.98. The van der Waals surface area contributed by atoms with Gasteiger partial charge in [0.15, 0.2) is 0 Å². The number of nitrogens with zero attached hydrogens (tertiary/aromatic N) is 1. The van der Waals surface area contributed by atoms with E-state index in [0.717, 1.165) is 4.90 Å². The Morgan fingerprint density at radius 2 is 2.00 bits per heavy atom. The predicted molar refractivity (Wildman–Crippen MR) is 46.5 cm³/mol. The topological polar surface area (TPSA) is 66.8 Å². The van der Waals surface area contributed by atoms with Crippen LogP contribution in [0, 0.1) is 5.92 Å². The van der Waals surface area contributed by atoms with Gasteiger partial charge in [-0.3, -0.25) is 4.79 Å². The van der Waals surface area contributed by atoms with Crippen molar-refractivity contribution in [3.8, 4) is 0 Å². The molecule has 5 nitrogen and oxygen atoms in total. The van der Waals surface area contributed by atoms with Crippen molar-refractivity contribution in [1.29, 1.82) is 0 Å². The van der Waals surface area contributed by atoms with Crippen LogP contribution in [0.25, 0.3) is 0 Å². The molecule has 0 rings (SSSR count). The molecule has 0 unspecified atom stereocenters. The molecule has 0 fully saturated rings. The summed E-state index contributed by atoms with van der Waals surface area (Å²) in [5.74, 6) is -0.800. The van der Waals surface area contributed by atoms with Crippen LogP contribution in [0.4, 0.5) is 4.79 Å². The predicted octanol–water partition coefficient (Wildman–Crippen LogP) is 0.795. The molecular weight excluding hydrogens is 174 g/mol. The van der Waals surface area contributed by atoms with Crippen LogP contribution in [0.3, 0.4) is 0 Å². The van der Waals surface area contributed by atoms with Crippen molar-refractivity contribution in [1.82, 2.24) is 4.90 Å². The number of carbonyl (C=O) groups excluding carboxylic acids is 1. The zero-order valence-electron chi connectivity index (χ0n) is 8.11. The maximum Gasteiger partial charge on any atom is 0.410 e. The summed E-state index contributed by atoms with van der Waals surface area (Å²) in [5, 5.41) is 8.36. The van der Waals surface area contributed by atoms with E-state index in [1.54, 1.807) is 0 Å². The van der Waals surface area contributed by atoms with Gasteiger partial charge in [-0.15, -0.1) is 0 Å². The highest BCUT2D eigenvalue weighted by Gasteiger charge is 2.13. The molecule has 0 saturated carbocycles. The van der Waals surface area contributed by atoms with E-state index in [1.165, 1.54) is 7.05 Å². The van der Waals surface area contributed by atoms with E-state index < -0.39 is 12.1 Å². The maximum atomic E-state index is 11.0. The molecule has 76 valence electrons. The van der Waals surface area contributed by atoms with Crippen molar-refractivity contribution >= 4 is 12.1 Å². The van der Waals surface area contributed by atoms with Gasteiger partial charge < -0.3 is 14.7 Å². The Kier molecular flexibility index (Phi) is 4.87. The van der Waals surface area contributed by atoms with Crippen LogP contribution in [0.2, 0.25) is 0 Å². The summed E-state index contributed by atoms with van der Waals surface area (Å²) in [7, 11) is 1.39. The van der Waals surface area contributed by atoms with Gasteiger partial charge >= 0.3 is 12.1 Å². The van der Waals surface area contributed by atoms with E-state index in [1.807, 2.05) is 13.8 Å². The van der Waals surface area contributed by atoms with Crippen molar-refractivity contribution in [2.45, 2.75) is 13.8 Å². The van der Waals surface area contributed by atoms with Crippen molar-refractivity contribution < 1.29 is 19.4 Å². The van der Waals surface area contributed by atoms with Crippen LogP contribution in [-0.4, -0.2) is 42.3 Å². The lowest BCUT2D eigenvalue weighted by Gasteiger charge is -2.15. The summed E-state index contributed by atoms with van der Waals surface area (Å²) in [5.41, 5.74) is 0. The molecule has 0 spiro atoms. The number of rotatable bonds is 4. The molecule has 0 atom stereocenters. The van der Waals surface area contributed by atoms with Crippen molar-refractivity contribution in [2.75, 3.05) is 20.2 Å². The average molecular weight is 189 g/mol. The summed E-state index contributed by atoms with van der Waals surface area (Å²) in [6, 6.07) is 0. The fraction of sp³-hybridized carbons (Fsp3) is 0.750. The molecule has 0 aliphatic heterocycles. The van der Waals surface area contributed by atoms with Crippen LogP contribution in [0.1, 0.15) is 13.8 Å². The normalized spacial score (nSPS) is 9.85. The minimum Gasteiger partial charge on any atom is -0.480 e. The van der Waals surface area contributed by atoms with E-state index in [0.29, 0.717) is 6.61 Å². The fourth-order valence-corrected chi connectivity index (χ4v) is 0.616. The highest BCUT2D eigenvalue weighted by atomic mass is 16.6. The van der Waals surface area contributed by atoms with Crippen molar-refractivity contribution in [3.63, 3.8) is 0 Å². The van der Waals surface area contributed by atoms with Gasteiger partial charge in [-0.05, 0) is 5.92 Å². The van der Waals surface area contributed by atoms with Gasteiger partial charge in [0.1, 0.15) is 6.54 Å². The molecule has 0 bridgehead atoms. The van der Waals surface area contributed by atoms with Crippen molar-refractivity contribution in [2.24, 2.45) is 5.92 Å². The van der Waals surface area contributed by atoms with Crippen LogP contribution < -0.4 is 0 Å². The first kappa shape index (κ1) is 11.7. The molecule has 0 radical (unpaired) electrons. The van der Waals surface area contributed by atoms with E-state index in [-0.39, 0.29) is 12.5 Å². The number of hydrogen-bond acceptors (Lipinski definition) is 3. The van der Waals surface area contributed by atoms with Gasteiger partial charge in [0.05, 0.1) is 6.61 Å². The molecule has 13 heavy (non-hydrogen) atoms. The number of carboxylic acid groups (broad SMARTS) is 1. The molecule has 0 aliphatic carbocycles. The van der Waals surface area contributed by atoms with Gasteiger partial charge in [-0.1, -0.05) is 13.8 Å². The largest absolute Gasteiger partial charge is 0.480 e. The molecule has 0 heterocycles. The van der Waals surface area contributed by atoms with E-state index in [2.05, 4.69) is 0 Å². The van der Waals surface area contributed by atoms with E-state index >= 15 is 0 Å². The second-order valence-corrected chi connectivity index (χ2v) is 3.22. The number of hydrogen-bond donors (Lipinski definition) is 1. The number of likely N-dealkylation sites (N-methyl/N-ethyl adjacent to an activating group) is 1. The molecule has 0 aromatic carbocycles. The monoisotopic (exact) mass is 189 g/mol. The van der Waals surface area contributed by atoms with Crippen molar-refractivity contribution in [3.05, 3.63) is 0 Å². The van der Waals surface area contributed by atoms with Crippen LogP contribution in [0.5, 0.6) is 0 Å². The first-order valence-corrected chi connectivity index (χ1v) is 4.03. The Morgan fingerprint density at radius 1 is 1.46 bits per heavy atom. The summed E-state index contributed by atoms with van der Waals surface area (Å²) in [4.78, 5) is 22.2. The number of amides is 1. The smallest absolute Gasteiger partial charge is 0.410 e. The Bertz CT molecular complexity index is 191. The third-order valence-electron chi connectivity index (χ3n) is 1.22. The van der Waals surface area contributed by atoms with Gasteiger partial charge in [0.2, 0.25) is 0 Å². The Morgan fingerprint density at radius 3 is 2.38 bits per heavy atom. The quantitative estimate of drug-likeness (QED) is 0.710. The lowest BCUT2D eigenvalue weighted by molar-refractivity contribution is -0.137. The summed E-state index contributed by atoms with van der Waals surface area (Å²) in [6.45, 7) is 3.79. The Balaban J connectivity index is 3.76. The Labute approximate surface area is 77.3 Å². The third-order valence-corrected chi connectivity index (χ3v) is 1.22. The van der Waals surface area contributed by atoms with Crippen LogP contribution >= 0.6 is 0 Å². The van der Waals surface area contributed by atoms with Crippen LogP contribution in [-0.2, 0) is 9.53 Å². The first-order chi connectivity index (χ1) is 5.93. The molecule has 0 aromatic heterocycles. The fourth-order valence-electron chi connectivity index (χ4n) is 0.616. The Hall–Kier alpha value is -1.26. The van der Waals surface area contributed by atoms with Gasteiger partial charge in [-0.25, -0.2) is 4.79 Å². The first-order valence-electron chi connectivity index (χ1n) is 4.03. The minimum absolute atomic E-state index is 0.252. The molecule has 0 aliphatic rings. The number of ether oxygens (including phenoxy) is 1. The highest BCUT2D eigenvalue weighted by molar-refractivity contribution is 5.76. The molecule has 5 heteroatoms. The molecular formula is C8H15NO4.